The Labute approximate surface area is 171 Å². The van der Waals surface area contributed by atoms with E-state index < -0.39 is 16.9 Å². The lowest BCUT2D eigenvalue weighted by Crippen LogP contribution is -2.71. The molecule has 6 nitrogen and oxygen atoms in total. The molecular formula is C23H28N2O4. The minimum atomic E-state index is -0.897. The summed E-state index contributed by atoms with van der Waals surface area (Å²) in [4.78, 5) is 18.3. The number of aliphatic hydroxyl groups is 1. The molecule has 8 unspecified atom stereocenters. The number of methoxy groups -OCH3 is 2. The Balaban J connectivity index is 1.65. The van der Waals surface area contributed by atoms with Crippen LogP contribution in [0.5, 0.6) is 5.75 Å². The molecule has 1 spiro atoms. The van der Waals surface area contributed by atoms with E-state index in [0.717, 1.165) is 36.4 Å². The molecule has 7 rings (SSSR count). The predicted octanol–water partition coefficient (Wildman–Crippen LogP) is 1.71. The quantitative estimate of drug-likeness (QED) is 0.607. The zero-order valence-corrected chi connectivity index (χ0v) is 17.4. The van der Waals surface area contributed by atoms with Crippen LogP contribution in [0, 0.1) is 11.3 Å². The number of nitrogens with zero attached hydrogens (tertiary/aromatic N) is 2. The number of anilines is 1. The van der Waals surface area contributed by atoms with Gasteiger partial charge >= 0.3 is 5.97 Å². The van der Waals surface area contributed by atoms with Crippen LogP contribution < -0.4 is 9.64 Å². The highest BCUT2D eigenvalue weighted by Gasteiger charge is 2.82. The number of allylic oxidation sites excluding steroid dienone is 1. The summed E-state index contributed by atoms with van der Waals surface area (Å²) < 4.78 is 10.9. The summed E-state index contributed by atoms with van der Waals surface area (Å²) in [5, 5.41) is 12.1. The van der Waals surface area contributed by atoms with Crippen molar-refractivity contribution in [3.8, 4) is 5.75 Å². The van der Waals surface area contributed by atoms with E-state index in [4.69, 9.17) is 9.47 Å². The van der Waals surface area contributed by atoms with E-state index in [1.807, 2.05) is 13.0 Å². The van der Waals surface area contributed by atoms with Gasteiger partial charge in [0.25, 0.3) is 0 Å². The lowest BCUT2D eigenvalue weighted by molar-refractivity contribution is -0.179. The highest BCUT2D eigenvalue weighted by atomic mass is 16.5. The number of hydrogen-bond acceptors (Lipinski definition) is 6. The van der Waals surface area contributed by atoms with Gasteiger partial charge in [-0.1, -0.05) is 11.6 Å². The first-order chi connectivity index (χ1) is 14.0. The topological polar surface area (TPSA) is 62.2 Å². The lowest BCUT2D eigenvalue weighted by atomic mass is 9.58. The van der Waals surface area contributed by atoms with Crippen molar-refractivity contribution in [2.24, 2.45) is 11.3 Å². The largest absolute Gasteiger partial charge is 0.497 e. The monoisotopic (exact) mass is 396 g/mol. The highest BCUT2D eigenvalue weighted by Crippen LogP contribution is 2.72. The summed E-state index contributed by atoms with van der Waals surface area (Å²) in [6.45, 7) is 2.94. The highest BCUT2D eigenvalue weighted by molar-refractivity contribution is 5.84. The SMILES string of the molecule is CC=C1CN2C3CC1C1(C(=O)OC)C2CC2(c4cc(OC)ccc4N(C)C32)C1O. The van der Waals surface area contributed by atoms with Crippen LogP contribution >= 0.6 is 0 Å². The van der Waals surface area contributed by atoms with Gasteiger partial charge in [-0.2, -0.15) is 0 Å². The number of esters is 1. The molecule has 0 aromatic heterocycles. The molecule has 5 aliphatic heterocycles. The number of rotatable bonds is 2. The van der Waals surface area contributed by atoms with Crippen LogP contribution in [0.4, 0.5) is 5.69 Å². The van der Waals surface area contributed by atoms with Crippen molar-refractivity contribution in [1.82, 2.24) is 4.90 Å². The first kappa shape index (κ1) is 17.8. The molecule has 1 N–H and O–H groups in total. The maximum Gasteiger partial charge on any atom is 0.316 e. The van der Waals surface area contributed by atoms with E-state index in [1.54, 1.807) is 7.11 Å². The second-order valence-electron chi connectivity index (χ2n) is 9.42. The standard InChI is InChI=1S/C23H28N2O4/c1-5-12-11-25-17-9-14(12)23(21(27)29-4)18(25)10-22(20(23)26)15-8-13(28-3)6-7-16(15)24(2)19(17)22/h5-8,14,17-20,26H,9-11H2,1-4H3. The van der Waals surface area contributed by atoms with Crippen molar-refractivity contribution < 1.29 is 19.4 Å². The fourth-order valence-corrected chi connectivity index (χ4v) is 8.12. The van der Waals surface area contributed by atoms with Crippen LogP contribution in [-0.2, 0) is 14.9 Å². The van der Waals surface area contributed by atoms with Crippen LogP contribution in [0.2, 0.25) is 0 Å². The average Bonchev–Trinajstić information content (AvgIpc) is 3.13. The molecule has 8 atom stereocenters. The smallest absolute Gasteiger partial charge is 0.316 e. The normalized spacial score (nSPS) is 46.8. The van der Waals surface area contributed by atoms with E-state index in [1.165, 1.54) is 12.7 Å². The summed E-state index contributed by atoms with van der Waals surface area (Å²) >= 11 is 0. The number of hydrogen-bond donors (Lipinski definition) is 1. The van der Waals surface area contributed by atoms with Gasteiger partial charge in [-0.3, -0.25) is 9.69 Å². The molecule has 154 valence electrons. The summed E-state index contributed by atoms with van der Waals surface area (Å²) in [7, 11) is 5.27. The molecule has 1 aliphatic carbocycles. The van der Waals surface area contributed by atoms with Crippen molar-refractivity contribution >= 4 is 11.7 Å². The molecule has 1 aromatic carbocycles. The molecular weight excluding hydrogens is 368 g/mol. The van der Waals surface area contributed by atoms with Crippen molar-refractivity contribution in [3.63, 3.8) is 0 Å². The van der Waals surface area contributed by atoms with Gasteiger partial charge in [-0.15, -0.1) is 0 Å². The molecule has 4 saturated heterocycles. The number of fused-ring (bicyclic) bond motifs is 2. The third kappa shape index (κ3) is 1.62. The van der Waals surface area contributed by atoms with Crippen molar-refractivity contribution in [1.29, 1.82) is 0 Å². The van der Waals surface area contributed by atoms with E-state index in [9.17, 15) is 9.90 Å². The third-order valence-electron chi connectivity index (χ3n) is 9.02. The summed E-state index contributed by atoms with van der Waals surface area (Å²) in [6, 6.07) is 6.65. The Morgan fingerprint density at radius 3 is 2.83 bits per heavy atom. The Bertz CT molecular complexity index is 960. The second kappa shape index (κ2) is 5.35. The molecule has 5 heterocycles. The van der Waals surface area contributed by atoms with E-state index >= 15 is 0 Å². The molecule has 6 heteroatoms. The minimum absolute atomic E-state index is 0.0131. The van der Waals surface area contributed by atoms with Gasteiger partial charge in [0.15, 0.2) is 0 Å². The van der Waals surface area contributed by atoms with Crippen molar-refractivity contribution in [2.75, 3.05) is 32.7 Å². The van der Waals surface area contributed by atoms with E-state index in [0.29, 0.717) is 6.04 Å². The van der Waals surface area contributed by atoms with E-state index in [-0.39, 0.29) is 24.0 Å². The van der Waals surface area contributed by atoms with Crippen LogP contribution in [0.25, 0.3) is 0 Å². The Morgan fingerprint density at radius 1 is 1.34 bits per heavy atom. The molecule has 29 heavy (non-hydrogen) atoms. The van der Waals surface area contributed by atoms with Gasteiger partial charge in [0, 0.05) is 42.7 Å². The van der Waals surface area contributed by atoms with Crippen LogP contribution in [0.1, 0.15) is 25.3 Å². The van der Waals surface area contributed by atoms with Gasteiger partial charge < -0.3 is 19.5 Å². The van der Waals surface area contributed by atoms with Crippen molar-refractivity contribution in [2.45, 2.75) is 49.4 Å². The van der Waals surface area contributed by atoms with Crippen molar-refractivity contribution in [3.05, 3.63) is 35.4 Å². The first-order valence-electron chi connectivity index (χ1n) is 10.6. The van der Waals surface area contributed by atoms with Gasteiger partial charge in [0.1, 0.15) is 11.2 Å². The Hall–Kier alpha value is -2.05. The maximum absolute atomic E-state index is 13.4. The molecule has 1 aromatic rings. The molecule has 5 bridgehead atoms. The van der Waals surface area contributed by atoms with Gasteiger partial charge in [-0.25, -0.2) is 0 Å². The number of likely N-dealkylation sites (N-methyl/N-ethyl adjacent to an activating group) is 1. The molecule has 5 fully saturated rings. The number of carbonyl (C=O) groups is 1. The third-order valence-corrected chi connectivity index (χ3v) is 9.02. The van der Waals surface area contributed by atoms with Crippen LogP contribution in [0.15, 0.2) is 29.8 Å². The molecule has 1 saturated carbocycles. The summed E-state index contributed by atoms with van der Waals surface area (Å²) in [5.74, 6) is 0.590. The Kier molecular flexibility index (Phi) is 3.28. The number of ether oxygens (including phenoxy) is 2. The average molecular weight is 396 g/mol. The first-order valence-corrected chi connectivity index (χ1v) is 10.6. The van der Waals surface area contributed by atoms with Crippen LogP contribution in [0.3, 0.4) is 0 Å². The zero-order chi connectivity index (χ0) is 20.3. The van der Waals surface area contributed by atoms with Crippen LogP contribution in [-0.4, -0.2) is 68.0 Å². The number of carbonyl (C=O) groups excluding carboxylic acids is 1. The van der Waals surface area contributed by atoms with Gasteiger partial charge in [0.05, 0.1) is 26.4 Å². The minimum Gasteiger partial charge on any atom is -0.497 e. The van der Waals surface area contributed by atoms with Gasteiger partial charge in [-0.05, 0) is 43.5 Å². The van der Waals surface area contributed by atoms with Gasteiger partial charge in [0.2, 0.25) is 0 Å². The number of aliphatic hydroxyl groups excluding tert-OH is 1. The summed E-state index contributed by atoms with van der Waals surface area (Å²) in [5.41, 5.74) is 2.17. The fourth-order valence-electron chi connectivity index (χ4n) is 8.12. The second-order valence-corrected chi connectivity index (χ2v) is 9.42. The molecule has 0 amide bonds. The fraction of sp³-hybridized carbons (Fsp3) is 0.609. The van der Waals surface area contributed by atoms with E-state index in [2.05, 4.69) is 35.1 Å². The maximum atomic E-state index is 13.4. The molecule has 6 aliphatic rings. The zero-order valence-electron chi connectivity index (χ0n) is 17.4. The number of benzene rings is 1. The Morgan fingerprint density at radius 2 is 2.14 bits per heavy atom. The lowest BCUT2D eigenvalue weighted by Gasteiger charge is -2.61. The summed E-state index contributed by atoms with van der Waals surface area (Å²) in [6.07, 6.45) is 3.03. The number of piperidine rings is 4. The molecule has 0 radical (unpaired) electrons. The predicted molar refractivity (Wildman–Crippen MR) is 108 cm³/mol.